The van der Waals surface area contributed by atoms with Gasteiger partial charge >= 0.3 is 0 Å². The fraction of sp³-hybridized carbons (Fsp3) is 0.367. The summed E-state index contributed by atoms with van der Waals surface area (Å²) in [6.45, 7) is 39.4. The third-order valence-corrected chi connectivity index (χ3v) is 14.9. The average Bonchev–Trinajstić information content (AvgIpc) is 3.65. The van der Waals surface area contributed by atoms with Crippen LogP contribution < -0.4 is 26.4 Å². The molecule has 3 heterocycles. The zero-order valence-corrected chi connectivity index (χ0v) is 41.4. The Labute approximate surface area is 385 Å². The molecule has 0 spiro atoms. The van der Waals surface area contributed by atoms with Crippen LogP contribution in [0.15, 0.2) is 131 Å². The van der Waals surface area contributed by atoms with Gasteiger partial charge in [0.15, 0.2) is 0 Å². The van der Waals surface area contributed by atoms with E-state index in [0.717, 1.165) is 30.0 Å². The van der Waals surface area contributed by atoms with Gasteiger partial charge in [-0.1, -0.05) is 169 Å². The van der Waals surface area contributed by atoms with Crippen LogP contribution >= 0.6 is 0 Å². The maximum atomic E-state index is 7.64. The molecular weight excluding hydrogens is 775 g/mol. The number of hydrogen-bond donors (Lipinski definition) is 0. The fourth-order valence-electron chi connectivity index (χ4n) is 10.5. The van der Waals surface area contributed by atoms with Gasteiger partial charge in [-0.15, -0.1) is 0 Å². The molecule has 3 nitrogen and oxygen atoms in total. The van der Waals surface area contributed by atoms with E-state index in [4.69, 9.17) is 4.42 Å². The molecule has 0 saturated heterocycles. The molecule has 64 heavy (non-hydrogen) atoms. The second-order valence-electron chi connectivity index (χ2n) is 23.5. The van der Waals surface area contributed by atoms with Gasteiger partial charge in [0.2, 0.25) is 0 Å². The number of allylic oxidation sites excluding steroid dienone is 4. The molecular formula is C60H69BN2O. The van der Waals surface area contributed by atoms with Crippen LogP contribution in [0.1, 0.15) is 138 Å². The predicted molar refractivity (Wildman–Crippen MR) is 278 cm³/mol. The van der Waals surface area contributed by atoms with Crippen molar-refractivity contribution < 1.29 is 4.42 Å². The summed E-state index contributed by atoms with van der Waals surface area (Å²) >= 11 is 0. The molecule has 0 N–H and O–H groups in total. The molecule has 1 aromatic heterocycles. The molecule has 328 valence electrons. The van der Waals surface area contributed by atoms with Gasteiger partial charge in [0.05, 0.1) is 17.0 Å². The van der Waals surface area contributed by atoms with Crippen LogP contribution in [0.4, 0.5) is 28.4 Å². The summed E-state index contributed by atoms with van der Waals surface area (Å²) in [5, 5.41) is 2.49. The minimum absolute atomic E-state index is 0.0313. The summed E-state index contributed by atoms with van der Waals surface area (Å²) in [6.07, 6.45) is 8.81. The Morgan fingerprint density at radius 2 is 1.31 bits per heavy atom. The highest BCUT2D eigenvalue weighted by Gasteiger charge is 2.52. The van der Waals surface area contributed by atoms with Crippen molar-refractivity contribution in [3.8, 4) is 11.1 Å². The number of fused-ring (bicyclic) bond motifs is 7. The summed E-state index contributed by atoms with van der Waals surface area (Å²) in [5.74, 6) is 1.13. The zero-order chi connectivity index (χ0) is 46.1. The van der Waals surface area contributed by atoms with E-state index in [0.29, 0.717) is 0 Å². The van der Waals surface area contributed by atoms with Gasteiger partial charge in [0, 0.05) is 39.3 Å². The molecule has 0 fully saturated rings. The minimum atomic E-state index is -0.129. The maximum absolute atomic E-state index is 7.64. The SMILES string of the molecule is C=C/C(=C\C=C(/C)C(C)(C)C)N1c2cc(C)cc3c2B(c2cc(C(C)(C)C)ccc2N3c2ccc(C(C)(C)C)cc2-c2cccc3ccccc23)c2oc3c(c21)C(C)(C)CCC3(C)C. The summed E-state index contributed by atoms with van der Waals surface area (Å²) in [4.78, 5) is 5.13. The molecule has 1 aliphatic carbocycles. The summed E-state index contributed by atoms with van der Waals surface area (Å²) in [6, 6.07) is 35.0. The highest BCUT2D eigenvalue weighted by molar-refractivity contribution is 6.99. The number of rotatable bonds is 5. The van der Waals surface area contributed by atoms with Crippen LogP contribution in [-0.4, -0.2) is 6.71 Å². The van der Waals surface area contributed by atoms with E-state index in [1.54, 1.807) is 0 Å². The van der Waals surface area contributed by atoms with Gasteiger partial charge in [-0.3, -0.25) is 0 Å². The predicted octanol–water partition coefficient (Wildman–Crippen LogP) is 15.2. The first-order valence-corrected chi connectivity index (χ1v) is 23.6. The smallest absolute Gasteiger partial charge is 0.297 e. The number of hydrogen-bond acceptors (Lipinski definition) is 3. The van der Waals surface area contributed by atoms with Crippen molar-refractivity contribution in [2.75, 3.05) is 9.80 Å². The third-order valence-electron chi connectivity index (χ3n) is 14.9. The zero-order valence-electron chi connectivity index (χ0n) is 41.4. The molecule has 0 atom stereocenters. The van der Waals surface area contributed by atoms with Crippen LogP contribution in [0.3, 0.4) is 0 Å². The lowest BCUT2D eigenvalue weighted by Gasteiger charge is -2.45. The van der Waals surface area contributed by atoms with Crippen LogP contribution in [-0.2, 0) is 21.7 Å². The van der Waals surface area contributed by atoms with Gasteiger partial charge in [-0.2, -0.15) is 0 Å². The topological polar surface area (TPSA) is 19.6 Å². The Morgan fingerprint density at radius 1 is 0.688 bits per heavy atom. The monoisotopic (exact) mass is 845 g/mol. The van der Waals surface area contributed by atoms with Crippen molar-refractivity contribution >= 4 is 62.5 Å². The summed E-state index contributed by atoms with van der Waals surface area (Å²) in [7, 11) is 0. The van der Waals surface area contributed by atoms with E-state index in [-0.39, 0.29) is 33.8 Å². The molecule has 4 heteroatoms. The lowest BCUT2D eigenvalue weighted by atomic mass is 9.35. The molecule has 5 aromatic carbocycles. The summed E-state index contributed by atoms with van der Waals surface area (Å²) < 4.78 is 7.64. The lowest BCUT2D eigenvalue weighted by Crippen LogP contribution is -2.61. The second kappa shape index (κ2) is 14.8. The van der Waals surface area contributed by atoms with E-state index in [9.17, 15) is 0 Å². The van der Waals surface area contributed by atoms with Crippen LogP contribution in [0, 0.1) is 12.3 Å². The van der Waals surface area contributed by atoms with Gasteiger partial charge < -0.3 is 14.2 Å². The Bertz CT molecular complexity index is 2940. The second-order valence-corrected chi connectivity index (χ2v) is 23.5. The Morgan fingerprint density at radius 3 is 1.98 bits per heavy atom. The van der Waals surface area contributed by atoms with Crippen molar-refractivity contribution in [1.82, 2.24) is 0 Å². The number of benzene rings is 5. The highest BCUT2D eigenvalue weighted by Crippen LogP contribution is 2.55. The maximum Gasteiger partial charge on any atom is 0.297 e. The fourth-order valence-corrected chi connectivity index (χ4v) is 10.5. The molecule has 0 unspecified atom stereocenters. The van der Waals surface area contributed by atoms with Gasteiger partial charge in [0.1, 0.15) is 5.76 Å². The van der Waals surface area contributed by atoms with Crippen LogP contribution in [0.25, 0.3) is 21.9 Å². The normalized spacial score (nSPS) is 17.0. The Hall–Kier alpha value is -5.48. The highest BCUT2D eigenvalue weighted by atomic mass is 16.3. The van der Waals surface area contributed by atoms with Crippen LogP contribution in [0.5, 0.6) is 0 Å². The largest absolute Gasteiger partial charge is 0.472 e. The molecule has 6 aromatic rings. The van der Waals surface area contributed by atoms with E-state index >= 15 is 0 Å². The summed E-state index contributed by atoms with van der Waals surface area (Å²) in [5.41, 5.74) is 19.2. The molecule has 0 saturated carbocycles. The number of furan rings is 1. The molecule has 2 aliphatic heterocycles. The minimum Gasteiger partial charge on any atom is -0.472 e. The number of aryl methyl sites for hydroxylation is 1. The van der Waals surface area contributed by atoms with Crippen molar-refractivity contribution in [2.24, 2.45) is 5.41 Å². The van der Waals surface area contributed by atoms with Crippen LogP contribution in [0.2, 0.25) is 0 Å². The first-order valence-electron chi connectivity index (χ1n) is 23.6. The molecule has 0 radical (unpaired) electrons. The van der Waals surface area contributed by atoms with E-state index < -0.39 is 0 Å². The van der Waals surface area contributed by atoms with Crippen molar-refractivity contribution in [3.05, 3.63) is 155 Å². The van der Waals surface area contributed by atoms with E-state index in [2.05, 4.69) is 229 Å². The number of anilines is 5. The third kappa shape index (κ3) is 7.02. The standard InChI is InChI=1S/C60H69BN2O/c1-17-42(28-25-38(3)56(4,5)6)62-49-33-37(2)34-50-52(49)61(55-53(62)51-54(64-55)60(15,16)32-31-59(51,13)14)46-36-41(58(10,11)12)27-30-48(46)63(50)47-29-26-40(57(7,8)9)35-45(47)44-24-20-22-39-21-18-19-23-43(39)44/h17-30,33-36H,1,31-32H2,2-16H3/b38-25+,42-28+. The van der Waals surface area contributed by atoms with Gasteiger partial charge in [-0.05, 0) is 135 Å². The first kappa shape index (κ1) is 43.8. The molecule has 0 amide bonds. The molecule has 0 bridgehead atoms. The number of nitrogens with zero attached hydrogens (tertiary/aromatic N) is 2. The Kier molecular flexibility index (Phi) is 10.1. The van der Waals surface area contributed by atoms with Crippen molar-refractivity contribution in [3.63, 3.8) is 0 Å². The Balaban J connectivity index is 1.44. The molecule has 9 rings (SSSR count). The van der Waals surface area contributed by atoms with Crippen molar-refractivity contribution in [2.45, 2.75) is 138 Å². The quantitative estimate of drug-likeness (QED) is 0.127. The average molecular weight is 845 g/mol. The molecule has 3 aliphatic rings. The first-order chi connectivity index (χ1) is 29.9. The lowest BCUT2D eigenvalue weighted by molar-refractivity contribution is 0.282. The van der Waals surface area contributed by atoms with E-state index in [1.165, 1.54) is 89.1 Å². The van der Waals surface area contributed by atoms with Gasteiger partial charge in [0.25, 0.3) is 6.71 Å². The van der Waals surface area contributed by atoms with E-state index in [1.807, 2.05) is 0 Å². The van der Waals surface area contributed by atoms with Crippen molar-refractivity contribution in [1.29, 1.82) is 0 Å². The van der Waals surface area contributed by atoms with Gasteiger partial charge in [-0.25, -0.2) is 0 Å².